The molecule has 3 aromatic heterocycles. The zero-order chi connectivity index (χ0) is 51.6. The van der Waals surface area contributed by atoms with E-state index in [9.17, 15) is 14.4 Å². The first-order valence-corrected chi connectivity index (χ1v) is 26.1. The lowest BCUT2D eigenvalue weighted by atomic mass is 9.98. The summed E-state index contributed by atoms with van der Waals surface area (Å²) in [4.78, 5) is 58.3. The number of para-hydroxylation sites is 1. The van der Waals surface area contributed by atoms with Gasteiger partial charge in [0.15, 0.2) is 22.9 Å². The minimum absolute atomic E-state index is 0.226. The molecule has 0 saturated carbocycles. The van der Waals surface area contributed by atoms with Gasteiger partial charge in [-0.25, -0.2) is 15.0 Å². The molecular formula is C60H30Cl6N4O4S. The molecule has 1 N–H and O–H groups in total. The van der Waals surface area contributed by atoms with Crippen LogP contribution in [-0.2, 0) is 0 Å². The minimum Gasteiger partial charge on any atom is -0.436 e. The number of imidazole rings is 1. The van der Waals surface area contributed by atoms with Crippen molar-refractivity contribution >= 4 is 131 Å². The summed E-state index contributed by atoms with van der Waals surface area (Å²) in [5, 5.41) is 2.76. The Bertz CT molecular complexity index is 4290. The number of nitrogens with one attached hydrogen (secondary N) is 1. The van der Waals surface area contributed by atoms with Crippen LogP contribution in [0.1, 0.15) is 47.8 Å². The van der Waals surface area contributed by atoms with Crippen LogP contribution in [0.4, 0.5) is 0 Å². The molecule has 0 amide bonds. The van der Waals surface area contributed by atoms with Crippen LogP contribution in [0.5, 0.6) is 0 Å². The summed E-state index contributed by atoms with van der Waals surface area (Å²) in [7, 11) is 0. The second kappa shape index (κ2) is 19.7. The summed E-state index contributed by atoms with van der Waals surface area (Å²) in [6.07, 6.45) is 0. The number of hydrogen-bond acceptors (Lipinski definition) is 8. The molecule has 0 fully saturated rings. The van der Waals surface area contributed by atoms with Crippen molar-refractivity contribution in [3.8, 4) is 55.7 Å². The third-order valence-electron chi connectivity index (χ3n) is 12.8. The molecule has 362 valence electrons. The van der Waals surface area contributed by atoms with Crippen LogP contribution < -0.4 is 0 Å². The average molecular weight is 1120 g/mol. The number of benzene rings is 9. The van der Waals surface area contributed by atoms with Gasteiger partial charge in [-0.2, -0.15) is 0 Å². The Morgan fingerprint density at radius 1 is 0.427 bits per heavy atom. The molecule has 3 heterocycles. The molecule has 0 saturated heterocycles. The number of oxazole rings is 1. The number of fused-ring (bicyclic) bond motifs is 3. The molecule has 0 aliphatic carbocycles. The molecule has 12 aromatic rings. The van der Waals surface area contributed by atoms with Crippen LogP contribution in [-0.4, -0.2) is 37.3 Å². The highest BCUT2D eigenvalue weighted by atomic mass is 35.5. The maximum Gasteiger partial charge on any atom is 0.227 e. The normalized spacial score (nSPS) is 11.5. The lowest BCUT2D eigenvalue weighted by molar-refractivity contribution is 0.103. The fraction of sp³-hybridized carbons (Fsp3) is 0. The van der Waals surface area contributed by atoms with Gasteiger partial charge in [0.1, 0.15) is 16.3 Å². The fourth-order valence-electron chi connectivity index (χ4n) is 8.85. The molecule has 12 rings (SSSR count). The number of rotatable bonds is 11. The zero-order valence-corrected chi connectivity index (χ0v) is 43.7. The lowest BCUT2D eigenvalue weighted by Gasteiger charge is -2.10. The van der Waals surface area contributed by atoms with Crippen LogP contribution in [0.3, 0.4) is 0 Å². The van der Waals surface area contributed by atoms with Gasteiger partial charge in [0.25, 0.3) is 0 Å². The molecule has 0 radical (unpaired) electrons. The van der Waals surface area contributed by atoms with E-state index in [1.54, 1.807) is 102 Å². The number of ketones is 3. The van der Waals surface area contributed by atoms with Crippen molar-refractivity contribution in [1.82, 2.24) is 19.9 Å². The van der Waals surface area contributed by atoms with E-state index in [4.69, 9.17) is 89.0 Å². The number of aromatic nitrogens is 4. The highest BCUT2D eigenvalue weighted by Crippen LogP contribution is 2.39. The number of hydrogen-bond donors (Lipinski definition) is 1. The minimum atomic E-state index is -0.320. The highest BCUT2D eigenvalue weighted by molar-refractivity contribution is 7.21. The Hall–Kier alpha value is -7.44. The SMILES string of the molecule is O=C(c1ccc(-c2nc3cc(-c4cc(Cl)c(C(=O)c5ccc(-c6nc7ccc(-c8cc(Cl)c(C(=O)c9ccc(-c%10nc%11ccccc%11s%10)cc9)cc8Cl)cc7o6)cc5)cc4Cl)ccc3[nH]2)cc1)c1cc(Cl)ccc1Cl. The van der Waals surface area contributed by atoms with Crippen molar-refractivity contribution in [2.45, 2.75) is 0 Å². The summed E-state index contributed by atoms with van der Waals surface area (Å²) in [6, 6.07) is 51.7. The largest absolute Gasteiger partial charge is 0.436 e. The molecule has 0 bridgehead atoms. The number of carbonyl (C=O) groups excluding carboxylic acids is 3. The predicted octanol–water partition coefficient (Wildman–Crippen LogP) is 18.3. The van der Waals surface area contributed by atoms with E-state index in [2.05, 4.69) is 4.98 Å². The Labute approximate surface area is 461 Å². The molecule has 75 heavy (non-hydrogen) atoms. The van der Waals surface area contributed by atoms with Crippen molar-refractivity contribution in [1.29, 1.82) is 0 Å². The van der Waals surface area contributed by atoms with Gasteiger partial charge in [0, 0.05) is 76.3 Å². The van der Waals surface area contributed by atoms with Crippen LogP contribution in [0, 0.1) is 0 Å². The van der Waals surface area contributed by atoms with Crippen molar-refractivity contribution in [2.75, 3.05) is 0 Å². The Morgan fingerprint density at radius 3 is 1.60 bits per heavy atom. The van der Waals surface area contributed by atoms with Gasteiger partial charge in [-0.05, 0) is 102 Å². The summed E-state index contributed by atoms with van der Waals surface area (Å²) >= 11 is 41.3. The summed E-state index contributed by atoms with van der Waals surface area (Å²) in [5.74, 6) is 0.131. The number of nitrogens with zero attached hydrogens (tertiary/aromatic N) is 3. The molecule has 0 aliphatic rings. The van der Waals surface area contributed by atoms with E-state index in [1.165, 1.54) is 0 Å². The van der Waals surface area contributed by atoms with Gasteiger partial charge in [-0.1, -0.05) is 155 Å². The first-order chi connectivity index (χ1) is 36.3. The Morgan fingerprint density at radius 2 is 0.973 bits per heavy atom. The molecule has 0 atom stereocenters. The predicted molar refractivity (Wildman–Crippen MR) is 304 cm³/mol. The number of aromatic amines is 1. The molecule has 0 aliphatic heterocycles. The molecule has 8 nitrogen and oxygen atoms in total. The maximum absolute atomic E-state index is 13.9. The molecular weight excluding hydrogens is 1090 g/mol. The van der Waals surface area contributed by atoms with Gasteiger partial charge in [-0.3, -0.25) is 14.4 Å². The van der Waals surface area contributed by atoms with Gasteiger partial charge in [0.05, 0.1) is 36.3 Å². The van der Waals surface area contributed by atoms with Crippen LogP contribution in [0.25, 0.3) is 88.0 Å². The number of carbonyl (C=O) groups is 3. The van der Waals surface area contributed by atoms with E-state index < -0.39 is 0 Å². The van der Waals surface area contributed by atoms with Crippen molar-refractivity contribution in [3.63, 3.8) is 0 Å². The summed E-state index contributed by atoms with van der Waals surface area (Å²) in [5.41, 5.74) is 10.7. The molecule has 0 spiro atoms. The van der Waals surface area contributed by atoms with Gasteiger partial charge < -0.3 is 9.40 Å². The second-order valence-electron chi connectivity index (χ2n) is 17.5. The van der Waals surface area contributed by atoms with Gasteiger partial charge >= 0.3 is 0 Å². The molecule has 0 unspecified atom stereocenters. The van der Waals surface area contributed by atoms with Crippen molar-refractivity contribution < 1.29 is 18.8 Å². The van der Waals surface area contributed by atoms with Crippen LogP contribution in [0.2, 0.25) is 30.1 Å². The van der Waals surface area contributed by atoms with Crippen molar-refractivity contribution in [2.24, 2.45) is 0 Å². The molecule has 15 heteroatoms. The van der Waals surface area contributed by atoms with Crippen LogP contribution >= 0.6 is 80.9 Å². The van der Waals surface area contributed by atoms with Crippen molar-refractivity contribution in [3.05, 3.63) is 239 Å². The number of H-pyrrole nitrogens is 1. The summed E-state index contributed by atoms with van der Waals surface area (Å²) < 4.78 is 7.32. The van der Waals surface area contributed by atoms with E-state index in [0.717, 1.165) is 37.4 Å². The summed E-state index contributed by atoms with van der Waals surface area (Å²) in [6.45, 7) is 0. The van der Waals surface area contributed by atoms with E-state index in [-0.39, 0.29) is 38.5 Å². The third-order valence-corrected chi connectivity index (χ3v) is 15.7. The quantitative estimate of drug-likeness (QED) is 0.128. The van der Waals surface area contributed by atoms with E-state index in [0.29, 0.717) is 92.9 Å². The maximum atomic E-state index is 13.9. The smallest absolute Gasteiger partial charge is 0.227 e. The average Bonchev–Trinajstić information content (AvgIpc) is 4.20. The first kappa shape index (κ1) is 48.5. The van der Waals surface area contributed by atoms with Gasteiger partial charge in [0.2, 0.25) is 5.89 Å². The van der Waals surface area contributed by atoms with Crippen LogP contribution in [0.15, 0.2) is 180 Å². The lowest BCUT2D eigenvalue weighted by Crippen LogP contribution is -2.03. The third kappa shape index (κ3) is 9.32. The Kier molecular flexibility index (Phi) is 12.7. The Balaban J connectivity index is 0.727. The second-order valence-corrected chi connectivity index (χ2v) is 21.0. The highest BCUT2D eigenvalue weighted by Gasteiger charge is 2.22. The monoisotopic (exact) mass is 1110 g/mol. The van der Waals surface area contributed by atoms with Gasteiger partial charge in [-0.15, -0.1) is 11.3 Å². The number of thiazole rings is 1. The first-order valence-electron chi connectivity index (χ1n) is 23.0. The van der Waals surface area contributed by atoms with E-state index in [1.807, 2.05) is 84.9 Å². The standard InChI is InChI=1S/C60H30Cl6N4O4S/c61-38-19-20-44(62)41(25-38)55(71)30-5-11-33(12-6-30)58-67-49-21-17-36(23-52(49)68-58)39-26-47(65)42(28-45(39)63)56(72)31-7-13-34(14-8-31)59-69-50-22-18-37(24-53(50)74-59)40-27-48(66)43(29-46(40)64)57(73)32-9-15-35(16-10-32)60-70-51-3-1-2-4-54(51)75-60/h1-29H,(H,67,68). The zero-order valence-electron chi connectivity index (χ0n) is 38.4. The number of halogens is 6. The fourth-order valence-corrected chi connectivity index (χ4v) is 11.2. The van der Waals surface area contributed by atoms with E-state index >= 15 is 0 Å². The molecule has 9 aromatic carbocycles. The topological polar surface area (TPSA) is 119 Å².